The summed E-state index contributed by atoms with van der Waals surface area (Å²) >= 11 is 0. The number of fused-ring (bicyclic) bond motifs is 1. The summed E-state index contributed by atoms with van der Waals surface area (Å²) in [4.78, 5) is 24.5. The molecule has 0 fully saturated rings. The summed E-state index contributed by atoms with van der Waals surface area (Å²) in [5, 5.41) is 4.37. The van der Waals surface area contributed by atoms with Crippen molar-refractivity contribution in [2.24, 2.45) is 0 Å². The van der Waals surface area contributed by atoms with Crippen LogP contribution in [0.15, 0.2) is 60.7 Å². The second-order valence-electron chi connectivity index (χ2n) is 5.72. The predicted molar refractivity (Wildman–Crippen MR) is 102 cm³/mol. The molecule has 138 valence electrons. The van der Waals surface area contributed by atoms with Crippen LogP contribution in [0.25, 0.3) is 10.8 Å². The number of ether oxygens (including phenoxy) is 3. The zero-order chi connectivity index (χ0) is 19.2. The monoisotopic (exact) mass is 365 g/mol. The zero-order valence-corrected chi connectivity index (χ0v) is 15.0. The maximum absolute atomic E-state index is 12.4. The van der Waals surface area contributed by atoms with Gasteiger partial charge in [0.1, 0.15) is 11.5 Å². The molecular formula is C21H19NO5. The molecule has 27 heavy (non-hydrogen) atoms. The molecule has 3 aromatic carbocycles. The summed E-state index contributed by atoms with van der Waals surface area (Å²) in [6, 6.07) is 17.9. The highest BCUT2D eigenvalue weighted by molar-refractivity contribution is 6.05. The SMILES string of the molecule is COc1ccc(NC(=O)COC(=O)c2cccc3ccccc23)c(OC)c1. The van der Waals surface area contributed by atoms with Crippen molar-refractivity contribution in [3.05, 3.63) is 66.2 Å². The van der Waals surface area contributed by atoms with E-state index in [9.17, 15) is 9.59 Å². The Balaban J connectivity index is 1.66. The Kier molecular flexibility index (Phi) is 5.56. The van der Waals surface area contributed by atoms with Crippen LogP contribution in [0, 0.1) is 0 Å². The summed E-state index contributed by atoms with van der Waals surface area (Å²) in [5.74, 6) is 0.0333. The molecule has 0 unspecified atom stereocenters. The van der Waals surface area contributed by atoms with Gasteiger partial charge in [-0.1, -0.05) is 36.4 Å². The summed E-state index contributed by atoms with van der Waals surface area (Å²) in [7, 11) is 3.03. The molecule has 0 saturated heterocycles. The molecule has 3 aromatic rings. The van der Waals surface area contributed by atoms with Gasteiger partial charge in [-0.05, 0) is 29.0 Å². The Morgan fingerprint density at radius 1 is 0.926 bits per heavy atom. The predicted octanol–water partition coefficient (Wildman–Crippen LogP) is 3.65. The minimum Gasteiger partial charge on any atom is -0.497 e. The Hall–Kier alpha value is -3.54. The number of carbonyl (C=O) groups is 2. The third-order valence-electron chi connectivity index (χ3n) is 4.03. The second kappa shape index (κ2) is 8.23. The molecule has 6 heteroatoms. The molecule has 1 N–H and O–H groups in total. The zero-order valence-electron chi connectivity index (χ0n) is 15.0. The van der Waals surface area contributed by atoms with Gasteiger partial charge in [0.15, 0.2) is 6.61 Å². The van der Waals surface area contributed by atoms with Gasteiger partial charge in [0, 0.05) is 6.07 Å². The highest BCUT2D eigenvalue weighted by Gasteiger charge is 2.14. The van der Waals surface area contributed by atoms with Crippen molar-refractivity contribution in [1.82, 2.24) is 0 Å². The first-order valence-corrected chi connectivity index (χ1v) is 8.29. The lowest BCUT2D eigenvalue weighted by Crippen LogP contribution is -2.21. The highest BCUT2D eigenvalue weighted by Crippen LogP contribution is 2.29. The first-order valence-electron chi connectivity index (χ1n) is 8.29. The average Bonchev–Trinajstić information content (AvgIpc) is 2.71. The normalized spacial score (nSPS) is 10.3. The Morgan fingerprint density at radius 3 is 2.48 bits per heavy atom. The van der Waals surface area contributed by atoms with Crippen molar-refractivity contribution in [3.63, 3.8) is 0 Å². The van der Waals surface area contributed by atoms with Crippen molar-refractivity contribution in [2.75, 3.05) is 26.1 Å². The minimum absolute atomic E-state index is 0.406. The maximum Gasteiger partial charge on any atom is 0.339 e. The van der Waals surface area contributed by atoms with Gasteiger partial charge in [-0.2, -0.15) is 0 Å². The molecule has 0 aromatic heterocycles. The lowest BCUT2D eigenvalue weighted by molar-refractivity contribution is -0.119. The fourth-order valence-corrected chi connectivity index (χ4v) is 2.70. The van der Waals surface area contributed by atoms with E-state index in [1.165, 1.54) is 7.11 Å². The summed E-state index contributed by atoms with van der Waals surface area (Å²) < 4.78 is 15.5. The quantitative estimate of drug-likeness (QED) is 0.675. The molecule has 0 aliphatic heterocycles. The van der Waals surface area contributed by atoms with Crippen molar-refractivity contribution >= 4 is 28.3 Å². The largest absolute Gasteiger partial charge is 0.497 e. The Morgan fingerprint density at radius 2 is 1.70 bits per heavy atom. The third-order valence-corrected chi connectivity index (χ3v) is 4.03. The van der Waals surface area contributed by atoms with Gasteiger partial charge in [-0.3, -0.25) is 4.79 Å². The van der Waals surface area contributed by atoms with Crippen LogP contribution in [0.3, 0.4) is 0 Å². The maximum atomic E-state index is 12.4. The Labute approximate surface area is 156 Å². The van der Waals surface area contributed by atoms with Gasteiger partial charge in [0.2, 0.25) is 0 Å². The molecule has 6 nitrogen and oxygen atoms in total. The van der Waals surface area contributed by atoms with E-state index in [1.807, 2.05) is 30.3 Å². The molecule has 0 bridgehead atoms. The van der Waals surface area contributed by atoms with Crippen LogP contribution in [0.1, 0.15) is 10.4 Å². The lowest BCUT2D eigenvalue weighted by atomic mass is 10.1. The highest BCUT2D eigenvalue weighted by atomic mass is 16.5. The van der Waals surface area contributed by atoms with Crippen LogP contribution < -0.4 is 14.8 Å². The number of hydrogen-bond acceptors (Lipinski definition) is 5. The summed E-state index contributed by atoms with van der Waals surface area (Å²) in [6.45, 7) is -0.406. The van der Waals surface area contributed by atoms with Crippen LogP contribution in [0.4, 0.5) is 5.69 Å². The van der Waals surface area contributed by atoms with Crippen LogP contribution >= 0.6 is 0 Å². The second-order valence-corrected chi connectivity index (χ2v) is 5.72. The van der Waals surface area contributed by atoms with Crippen LogP contribution in [0.5, 0.6) is 11.5 Å². The number of amides is 1. The number of carbonyl (C=O) groups excluding carboxylic acids is 2. The van der Waals surface area contributed by atoms with Gasteiger partial charge < -0.3 is 19.5 Å². The van der Waals surface area contributed by atoms with E-state index >= 15 is 0 Å². The van der Waals surface area contributed by atoms with Crippen molar-refractivity contribution in [3.8, 4) is 11.5 Å². The van der Waals surface area contributed by atoms with Crippen LogP contribution in [-0.2, 0) is 9.53 Å². The van der Waals surface area contributed by atoms with Gasteiger partial charge in [0.25, 0.3) is 5.91 Å². The molecule has 0 heterocycles. The number of methoxy groups -OCH3 is 2. The van der Waals surface area contributed by atoms with E-state index in [2.05, 4.69) is 5.32 Å². The minimum atomic E-state index is -0.552. The Bertz CT molecular complexity index is 978. The summed E-state index contributed by atoms with van der Waals surface area (Å²) in [6.07, 6.45) is 0. The van der Waals surface area contributed by atoms with Crippen molar-refractivity contribution in [2.45, 2.75) is 0 Å². The van der Waals surface area contributed by atoms with Crippen LogP contribution in [0.2, 0.25) is 0 Å². The lowest BCUT2D eigenvalue weighted by Gasteiger charge is -2.12. The van der Waals surface area contributed by atoms with E-state index in [4.69, 9.17) is 14.2 Å². The van der Waals surface area contributed by atoms with Gasteiger partial charge in [0.05, 0.1) is 25.5 Å². The number of esters is 1. The number of rotatable bonds is 6. The first-order chi connectivity index (χ1) is 13.1. The van der Waals surface area contributed by atoms with Crippen molar-refractivity contribution < 1.29 is 23.8 Å². The molecule has 0 spiro atoms. The van der Waals surface area contributed by atoms with Gasteiger partial charge in [-0.15, -0.1) is 0 Å². The van der Waals surface area contributed by atoms with Crippen molar-refractivity contribution in [1.29, 1.82) is 0 Å². The number of anilines is 1. The van der Waals surface area contributed by atoms with Crippen LogP contribution in [-0.4, -0.2) is 32.7 Å². The fourth-order valence-electron chi connectivity index (χ4n) is 2.70. The molecule has 0 aliphatic carbocycles. The van der Waals surface area contributed by atoms with Gasteiger partial charge >= 0.3 is 5.97 Å². The average molecular weight is 365 g/mol. The molecule has 0 aliphatic rings. The van der Waals surface area contributed by atoms with E-state index in [0.717, 1.165) is 10.8 Å². The van der Waals surface area contributed by atoms with E-state index < -0.39 is 18.5 Å². The number of nitrogens with one attached hydrogen (secondary N) is 1. The molecule has 0 saturated carbocycles. The topological polar surface area (TPSA) is 73.9 Å². The first kappa shape index (κ1) is 18.3. The fraction of sp³-hybridized carbons (Fsp3) is 0.143. The molecular weight excluding hydrogens is 346 g/mol. The number of hydrogen-bond donors (Lipinski definition) is 1. The van der Waals surface area contributed by atoms with Gasteiger partial charge in [-0.25, -0.2) is 4.79 Å². The smallest absolute Gasteiger partial charge is 0.339 e. The molecule has 0 atom stereocenters. The number of benzene rings is 3. The van der Waals surface area contributed by atoms with E-state index in [0.29, 0.717) is 22.7 Å². The van der Waals surface area contributed by atoms with E-state index in [1.54, 1.807) is 37.4 Å². The standard InChI is InChI=1S/C21H19NO5/c1-25-15-10-11-18(19(12-15)26-2)22-20(23)13-27-21(24)17-9-5-7-14-6-3-4-8-16(14)17/h3-12H,13H2,1-2H3,(H,22,23). The summed E-state index contributed by atoms with van der Waals surface area (Å²) in [5.41, 5.74) is 0.882. The van der Waals surface area contributed by atoms with E-state index in [-0.39, 0.29) is 0 Å². The third kappa shape index (κ3) is 4.17. The molecule has 0 radical (unpaired) electrons. The molecule has 3 rings (SSSR count). The molecule has 1 amide bonds.